The van der Waals surface area contributed by atoms with Gasteiger partial charge in [-0.25, -0.2) is 9.59 Å². The molecule has 0 heterocycles. The Balaban J connectivity index is 3.98. The Bertz CT molecular complexity index is 350. The Morgan fingerprint density at radius 2 is 1.88 bits per heavy atom. The molecule has 1 N–H and O–H groups in total. The Kier molecular flexibility index (Phi) is 7.43. The maximum Gasteiger partial charge on any atom is 0.333 e. The summed E-state index contributed by atoms with van der Waals surface area (Å²) in [6, 6.07) is 0. The zero-order chi connectivity index (χ0) is 13.3. The Morgan fingerprint density at radius 1 is 1.24 bits per heavy atom. The number of ether oxygens (including phenoxy) is 1. The van der Waals surface area contributed by atoms with Crippen molar-refractivity contribution >= 4 is 11.9 Å². The molecule has 0 aliphatic carbocycles. The lowest BCUT2D eigenvalue weighted by molar-refractivity contribution is -0.138. The van der Waals surface area contributed by atoms with Crippen molar-refractivity contribution in [2.45, 2.75) is 26.7 Å². The first kappa shape index (κ1) is 15.2. The van der Waals surface area contributed by atoms with Crippen LogP contribution in [0, 0.1) is 0 Å². The fourth-order valence-electron chi connectivity index (χ4n) is 0.972. The van der Waals surface area contributed by atoms with Gasteiger partial charge in [0, 0.05) is 17.6 Å². The zero-order valence-corrected chi connectivity index (χ0v) is 10.2. The first-order valence-electron chi connectivity index (χ1n) is 5.33. The van der Waals surface area contributed by atoms with Crippen molar-refractivity contribution in [3.8, 4) is 0 Å². The molecule has 0 aromatic rings. The average Bonchev–Trinajstić information content (AvgIpc) is 2.30. The van der Waals surface area contributed by atoms with E-state index in [1.807, 2.05) is 0 Å². The van der Waals surface area contributed by atoms with Crippen LogP contribution in [0.3, 0.4) is 0 Å². The second kappa shape index (κ2) is 8.33. The van der Waals surface area contributed by atoms with Crippen LogP contribution in [0.15, 0.2) is 36.0 Å². The summed E-state index contributed by atoms with van der Waals surface area (Å²) in [5.74, 6) is -1.34. The van der Waals surface area contributed by atoms with E-state index in [0.29, 0.717) is 18.4 Å². The van der Waals surface area contributed by atoms with Crippen LogP contribution < -0.4 is 0 Å². The zero-order valence-electron chi connectivity index (χ0n) is 10.2. The molecule has 0 radical (unpaired) electrons. The highest BCUT2D eigenvalue weighted by Gasteiger charge is 2.04. The smallest absolute Gasteiger partial charge is 0.333 e. The van der Waals surface area contributed by atoms with E-state index >= 15 is 0 Å². The third-order valence-electron chi connectivity index (χ3n) is 2.05. The number of hydrogen-bond acceptors (Lipinski definition) is 3. The Hall–Kier alpha value is -1.84. The lowest BCUT2D eigenvalue weighted by atomic mass is 10.2. The molecule has 0 fully saturated rings. The SMILES string of the molecule is C=CCC=C(C)C(=O)OCCC=C(C)C(=O)O. The second-order valence-electron chi connectivity index (χ2n) is 3.53. The van der Waals surface area contributed by atoms with E-state index in [2.05, 4.69) is 6.58 Å². The Morgan fingerprint density at radius 3 is 2.41 bits per heavy atom. The van der Waals surface area contributed by atoms with Crippen LogP contribution in [-0.4, -0.2) is 23.7 Å². The molecule has 0 rings (SSSR count). The number of rotatable bonds is 7. The van der Waals surface area contributed by atoms with Gasteiger partial charge in [-0.15, -0.1) is 6.58 Å². The standard InChI is InChI=1S/C13H18O4/c1-4-5-7-11(3)13(16)17-9-6-8-10(2)12(14)15/h4,7-8H,1,5-6,9H2,2-3H3,(H,14,15). The van der Waals surface area contributed by atoms with E-state index in [0.717, 1.165) is 0 Å². The first-order valence-corrected chi connectivity index (χ1v) is 5.33. The maximum atomic E-state index is 11.4. The summed E-state index contributed by atoms with van der Waals surface area (Å²) in [5, 5.41) is 8.58. The molecule has 0 atom stereocenters. The predicted molar refractivity (Wildman–Crippen MR) is 65.5 cm³/mol. The molecule has 17 heavy (non-hydrogen) atoms. The molecular weight excluding hydrogens is 220 g/mol. The summed E-state index contributed by atoms with van der Waals surface area (Å²) in [6.07, 6.45) is 5.97. The number of carbonyl (C=O) groups is 2. The Labute approximate surface area is 101 Å². The van der Waals surface area contributed by atoms with Crippen molar-refractivity contribution in [1.29, 1.82) is 0 Å². The van der Waals surface area contributed by atoms with Gasteiger partial charge in [-0.05, 0) is 20.3 Å². The average molecular weight is 238 g/mol. The monoisotopic (exact) mass is 238 g/mol. The van der Waals surface area contributed by atoms with Gasteiger partial charge in [0.15, 0.2) is 0 Å². The van der Waals surface area contributed by atoms with Gasteiger partial charge in [-0.3, -0.25) is 0 Å². The molecule has 0 aromatic heterocycles. The summed E-state index contributed by atoms with van der Waals surface area (Å²) in [6.45, 7) is 6.90. The van der Waals surface area contributed by atoms with Gasteiger partial charge in [0.2, 0.25) is 0 Å². The van der Waals surface area contributed by atoms with Gasteiger partial charge in [-0.2, -0.15) is 0 Å². The number of allylic oxidation sites excluding steroid dienone is 2. The summed E-state index contributed by atoms with van der Waals surface area (Å²) in [4.78, 5) is 21.8. The highest BCUT2D eigenvalue weighted by atomic mass is 16.5. The third-order valence-corrected chi connectivity index (χ3v) is 2.05. The van der Waals surface area contributed by atoms with Gasteiger partial charge in [0.25, 0.3) is 0 Å². The minimum absolute atomic E-state index is 0.183. The van der Waals surface area contributed by atoms with Crippen LogP contribution >= 0.6 is 0 Å². The van der Waals surface area contributed by atoms with Crippen molar-refractivity contribution in [2.24, 2.45) is 0 Å². The minimum Gasteiger partial charge on any atom is -0.478 e. The van der Waals surface area contributed by atoms with Crippen molar-refractivity contribution < 1.29 is 19.4 Å². The molecule has 0 saturated carbocycles. The quantitative estimate of drug-likeness (QED) is 0.320. The number of carboxylic acid groups (broad SMARTS) is 1. The molecule has 0 spiro atoms. The largest absolute Gasteiger partial charge is 0.478 e. The predicted octanol–water partition coefficient (Wildman–Crippen LogP) is 2.47. The molecule has 0 unspecified atom stereocenters. The van der Waals surface area contributed by atoms with E-state index in [1.54, 1.807) is 19.1 Å². The number of esters is 1. The highest BCUT2D eigenvalue weighted by Crippen LogP contribution is 2.01. The fourth-order valence-corrected chi connectivity index (χ4v) is 0.972. The van der Waals surface area contributed by atoms with Crippen LogP contribution in [0.4, 0.5) is 0 Å². The van der Waals surface area contributed by atoms with Gasteiger partial charge in [0.05, 0.1) is 6.61 Å². The van der Waals surface area contributed by atoms with Crippen molar-refractivity contribution in [1.82, 2.24) is 0 Å². The van der Waals surface area contributed by atoms with Crippen LogP contribution in [0.2, 0.25) is 0 Å². The number of aliphatic carboxylic acids is 1. The van der Waals surface area contributed by atoms with E-state index in [4.69, 9.17) is 9.84 Å². The second-order valence-corrected chi connectivity index (χ2v) is 3.53. The van der Waals surface area contributed by atoms with E-state index in [-0.39, 0.29) is 18.1 Å². The lowest BCUT2D eigenvalue weighted by Crippen LogP contribution is -2.07. The highest BCUT2D eigenvalue weighted by molar-refractivity contribution is 5.87. The van der Waals surface area contributed by atoms with Crippen molar-refractivity contribution in [2.75, 3.05) is 6.61 Å². The maximum absolute atomic E-state index is 11.4. The van der Waals surface area contributed by atoms with Gasteiger partial charge < -0.3 is 9.84 Å². The molecule has 0 aliphatic heterocycles. The summed E-state index contributed by atoms with van der Waals surface area (Å²) in [7, 11) is 0. The van der Waals surface area contributed by atoms with E-state index in [1.165, 1.54) is 13.0 Å². The molecule has 0 bridgehead atoms. The first-order chi connectivity index (χ1) is 7.99. The van der Waals surface area contributed by atoms with Crippen molar-refractivity contribution in [3.05, 3.63) is 36.0 Å². The van der Waals surface area contributed by atoms with Gasteiger partial charge in [-0.1, -0.05) is 18.2 Å². The fraction of sp³-hybridized carbons (Fsp3) is 0.385. The molecule has 4 heteroatoms. The molecule has 94 valence electrons. The van der Waals surface area contributed by atoms with Gasteiger partial charge >= 0.3 is 11.9 Å². The van der Waals surface area contributed by atoms with Crippen LogP contribution in [0.1, 0.15) is 26.7 Å². The summed E-state index contributed by atoms with van der Waals surface area (Å²) in [5.41, 5.74) is 0.781. The van der Waals surface area contributed by atoms with E-state index < -0.39 is 5.97 Å². The lowest BCUT2D eigenvalue weighted by Gasteiger charge is -2.03. The minimum atomic E-state index is -0.960. The van der Waals surface area contributed by atoms with Gasteiger partial charge in [0.1, 0.15) is 0 Å². The van der Waals surface area contributed by atoms with Crippen LogP contribution in [-0.2, 0) is 14.3 Å². The number of carbonyl (C=O) groups excluding carboxylic acids is 1. The molecule has 0 saturated heterocycles. The normalized spacial score (nSPS) is 12.1. The summed E-state index contributed by atoms with van der Waals surface area (Å²) < 4.78 is 4.95. The molecule has 0 aliphatic rings. The molecule has 0 aromatic carbocycles. The summed E-state index contributed by atoms with van der Waals surface area (Å²) >= 11 is 0. The molecular formula is C13H18O4. The number of hydrogen-bond donors (Lipinski definition) is 1. The van der Waals surface area contributed by atoms with Crippen LogP contribution in [0.5, 0.6) is 0 Å². The molecule has 4 nitrogen and oxygen atoms in total. The third kappa shape index (κ3) is 7.11. The van der Waals surface area contributed by atoms with E-state index in [9.17, 15) is 9.59 Å². The molecule has 0 amide bonds. The topological polar surface area (TPSA) is 63.6 Å². The van der Waals surface area contributed by atoms with Crippen molar-refractivity contribution in [3.63, 3.8) is 0 Å². The number of carboxylic acids is 1. The van der Waals surface area contributed by atoms with Crippen LogP contribution in [0.25, 0.3) is 0 Å².